The van der Waals surface area contributed by atoms with Gasteiger partial charge in [-0.1, -0.05) is 48.5 Å². The average Bonchev–Trinajstić information content (AvgIpc) is 3.22. The molecule has 0 bridgehead atoms. The first kappa shape index (κ1) is 14.9. The second kappa shape index (κ2) is 6.45. The summed E-state index contributed by atoms with van der Waals surface area (Å²) in [5, 5.41) is 3.48. The number of anilines is 1. The third kappa shape index (κ3) is 3.16. The van der Waals surface area contributed by atoms with Crippen molar-refractivity contribution in [3.8, 4) is 5.75 Å². The van der Waals surface area contributed by atoms with Crippen molar-refractivity contribution < 1.29 is 9.53 Å². The second-order valence-corrected chi connectivity index (χ2v) is 6.82. The number of rotatable bonds is 4. The molecule has 1 aromatic heterocycles. The SMILES string of the molecule is O=C(Nc1ncc(Cc2ccccc2)s1)[C@H]1Cc2ccccc2O1. The Morgan fingerprint density at radius 2 is 1.96 bits per heavy atom. The molecule has 1 aliphatic rings. The standard InChI is InChI=1S/C19H16N2O2S/c22-18(17-11-14-8-4-5-9-16(14)23-17)21-19-20-12-15(24-19)10-13-6-2-1-3-7-13/h1-9,12,17H,10-11H2,(H,20,21,22)/t17-/m1/s1. The van der Waals surface area contributed by atoms with Crippen LogP contribution in [0.25, 0.3) is 0 Å². The first-order valence-corrected chi connectivity index (χ1v) is 8.63. The van der Waals surface area contributed by atoms with E-state index in [-0.39, 0.29) is 5.91 Å². The molecule has 5 heteroatoms. The Balaban J connectivity index is 1.39. The van der Waals surface area contributed by atoms with Crippen LogP contribution in [0.15, 0.2) is 60.8 Å². The lowest BCUT2D eigenvalue weighted by molar-refractivity contribution is -0.122. The minimum Gasteiger partial charge on any atom is -0.480 e. The molecular weight excluding hydrogens is 320 g/mol. The molecule has 0 fully saturated rings. The molecule has 120 valence electrons. The van der Waals surface area contributed by atoms with Gasteiger partial charge in [0, 0.05) is 23.9 Å². The third-order valence-electron chi connectivity index (χ3n) is 3.94. The van der Waals surface area contributed by atoms with Gasteiger partial charge in [-0.15, -0.1) is 11.3 Å². The highest BCUT2D eigenvalue weighted by molar-refractivity contribution is 7.15. The highest BCUT2D eigenvalue weighted by atomic mass is 32.1. The van der Waals surface area contributed by atoms with Crippen molar-refractivity contribution in [2.45, 2.75) is 18.9 Å². The van der Waals surface area contributed by atoms with Crippen molar-refractivity contribution in [3.05, 3.63) is 76.8 Å². The number of amides is 1. The lowest BCUT2D eigenvalue weighted by Crippen LogP contribution is -2.31. The zero-order valence-electron chi connectivity index (χ0n) is 12.9. The molecule has 0 saturated heterocycles. The molecule has 4 rings (SSSR count). The summed E-state index contributed by atoms with van der Waals surface area (Å²) in [6.07, 6.45) is 2.76. The van der Waals surface area contributed by atoms with Crippen molar-refractivity contribution in [1.29, 1.82) is 0 Å². The fourth-order valence-electron chi connectivity index (χ4n) is 2.76. The maximum absolute atomic E-state index is 12.4. The van der Waals surface area contributed by atoms with Crippen LogP contribution in [-0.2, 0) is 17.6 Å². The molecule has 0 aliphatic carbocycles. The molecule has 1 aliphatic heterocycles. The Labute approximate surface area is 144 Å². The number of carbonyl (C=O) groups excluding carboxylic acids is 1. The number of para-hydroxylation sites is 1. The minimum atomic E-state index is -0.483. The van der Waals surface area contributed by atoms with Crippen LogP contribution in [-0.4, -0.2) is 17.0 Å². The van der Waals surface area contributed by atoms with Crippen LogP contribution >= 0.6 is 11.3 Å². The monoisotopic (exact) mass is 336 g/mol. The number of aromatic nitrogens is 1. The van der Waals surface area contributed by atoms with Crippen molar-refractivity contribution in [2.24, 2.45) is 0 Å². The zero-order valence-corrected chi connectivity index (χ0v) is 13.8. The van der Waals surface area contributed by atoms with Gasteiger partial charge in [0.2, 0.25) is 0 Å². The Morgan fingerprint density at radius 3 is 2.79 bits per heavy atom. The summed E-state index contributed by atoms with van der Waals surface area (Å²) < 4.78 is 5.71. The number of hydrogen-bond acceptors (Lipinski definition) is 4. The van der Waals surface area contributed by atoms with Gasteiger partial charge in [-0.25, -0.2) is 4.98 Å². The van der Waals surface area contributed by atoms with Gasteiger partial charge in [-0.3, -0.25) is 10.1 Å². The van der Waals surface area contributed by atoms with Gasteiger partial charge < -0.3 is 4.74 Å². The fourth-order valence-corrected chi connectivity index (χ4v) is 3.61. The molecule has 4 nitrogen and oxygen atoms in total. The Hall–Kier alpha value is -2.66. The Bertz CT molecular complexity index is 836. The maximum atomic E-state index is 12.4. The van der Waals surface area contributed by atoms with Crippen LogP contribution in [0.4, 0.5) is 5.13 Å². The van der Waals surface area contributed by atoms with Gasteiger partial charge in [-0.05, 0) is 17.2 Å². The summed E-state index contributed by atoms with van der Waals surface area (Å²) in [7, 11) is 0. The molecule has 0 unspecified atom stereocenters. The fraction of sp³-hybridized carbons (Fsp3) is 0.158. The topological polar surface area (TPSA) is 51.2 Å². The summed E-state index contributed by atoms with van der Waals surface area (Å²) in [4.78, 5) is 17.8. The first-order valence-electron chi connectivity index (χ1n) is 7.82. The van der Waals surface area contributed by atoms with Crippen LogP contribution in [0.3, 0.4) is 0 Å². The number of thiazole rings is 1. The predicted octanol–water partition coefficient (Wildman–Crippen LogP) is 3.68. The van der Waals surface area contributed by atoms with E-state index in [1.54, 1.807) is 0 Å². The van der Waals surface area contributed by atoms with Gasteiger partial charge in [0.1, 0.15) is 5.75 Å². The number of hydrogen-bond donors (Lipinski definition) is 1. The third-order valence-corrected chi connectivity index (χ3v) is 4.86. The number of nitrogens with one attached hydrogen (secondary N) is 1. The maximum Gasteiger partial charge on any atom is 0.267 e. The number of ether oxygens (including phenoxy) is 1. The molecule has 2 heterocycles. The van der Waals surface area contributed by atoms with E-state index < -0.39 is 6.10 Å². The van der Waals surface area contributed by atoms with E-state index >= 15 is 0 Å². The lowest BCUT2D eigenvalue weighted by atomic mass is 10.1. The molecule has 0 spiro atoms. The predicted molar refractivity (Wildman–Crippen MR) is 94.6 cm³/mol. The van der Waals surface area contributed by atoms with E-state index in [0.29, 0.717) is 11.6 Å². The Morgan fingerprint density at radius 1 is 1.17 bits per heavy atom. The largest absolute Gasteiger partial charge is 0.480 e. The van der Waals surface area contributed by atoms with E-state index in [1.807, 2.05) is 48.7 Å². The van der Waals surface area contributed by atoms with E-state index in [1.165, 1.54) is 16.9 Å². The van der Waals surface area contributed by atoms with E-state index in [0.717, 1.165) is 22.6 Å². The average molecular weight is 336 g/mol. The minimum absolute atomic E-state index is 0.146. The van der Waals surface area contributed by atoms with Crippen molar-refractivity contribution >= 4 is 22.4 Å². The second-order valence-electron chi connectivity index (χ2n) is 5.70. The molecule has 1 amide bonds. The zero-order chi connectivity index (χ0) is 16.4. The van der Waals surface area contributed by atoms with E-state index in [2.05, 4.69) is 22.4 Å². The Kier molecular flexibility index (Phi) is 4.01. The number of carbonyl (C=O) groups is 1. The normalized spacial score (nSPS) is 15.6. The van der Waals surface area contributed by atoms with Crippen LogP contribution < -0.4 is 10.1 Å². The number of nitrogens with zero attached hydrogens (tertiary/aromatic N) is 1. The highest BCUT2D eigenvalue weighted by Crippen LogP contribution is 2.29. The van der Waals surface area contributed by atoms with Crippen LogP contribution in [0, 0.1) is 0 Å². The molecule has 2 aromatic carbocycles. The molecule has 1 atom stereocenters. The molecular formula is C19H16N2O2S. The first-order chi connectivity index (χ1) is 11.8. The lowest BCUT2D eigenvalue weighted by Gasteiger charge is -2.09. The molecule has 1 N–H and O–H groups in total. The van der Waals surface area contributed by atoms with Crippen LogP contribution in [0.5, 0.6) is 5.75 Å². The van der Waals surface area contributed by atoms with Crippen molar-refractivity contribution in [2.75, 3.05) is 5.32 Å². The van der Waals surface area contributed by atoms with E-state index in [9.17, 15) is 4.79 Å². The van der Waals surface area contributed by atoms with Gasteiger partial charge in [0.05, 0.1) is 0 Å². The quantitative estimate of drug-likeness (QED) is 0.791. The summed E-state index contributed by atoms with van der Waals surface area (Å²) in [6, 6.07) is 18.0. The van der Waals surface area contributed by atoms with Crippen molar-refractivity contribution in [3.63, 3.8) is 0 Å². The molecule has 3 aromatic rings. The van der Waals surface area contributed by atoms with E-state index in [4.69, 9.17) is 4.74 Å². The van der Waals surface area contributed by atoms with Crippen LogP contribution in [0.1, 0.15) is 16.0 Å². The van der Waals surface area contributed by atoms with Gasteiger partial charge in [0.25, 0.3) is 5.91 Å². The molecule has 0 saturated carbocycles. The van der Waals surface area contributed by atoms with Crippen molar-refractivity contribution in [1.82, 2.24) is 4.98 Å². The van der Waals surface area contributed by atoms with Gasteiger partial charge in [0.15, 0.2) is 11.2 Å². The summed E-state index contributed by atoms with van der Waals surface area (Å²) in [6.45, 7) is 0. The number of benzene rings is 2. The molecule has 0 radical (unpaired) electrons. The summed E-state index contributed by atoms with van der Waals surface area (Å²) in [5.41, 5.74) is 2.30. The smallest absolute Gasteiger partial charge is 0.267 e. The summed E-state index contributed by atoms with van der Waals surface area (Å²) in [5.74, 6) is 0.647. The van der Waals surface area contributed by atoms with Gasteiger partial charge >= 0.3 is 0 Å². The summed E-state index contributed by atoms with van der Waals surface area (Å²) >= 11 is 1.50. The number of fused-ring (bicyclic) bond motifs is 1. The van der Waals surface area contributed by atoms with Gasteiger partial charge in [-0.2, -0.15) is 0 Å². The van der Waals surface area contributed by atoms with Crippen LogP contribution in [0.2, 0.25) is 0 Å². The molecule has 24 heavy (non-hydrogen) atoms. The highest BCUT2D eigenvalue weighted by Gasteiger charge is 2.29.